The summed E-state index contributed by atoms with van der Waals surface area (Å²) in [5.41, 5.74) is 4.67. The number of benzene rings is 2. The van der Waals surface area contributed by atoms with E-state index in [9.17, 15) is 0 Å². The van der Waals surface area contributed by atoms with E-state index in [-0.39, 0.29) is 35.7 Å². The van der Waals surface area contributed by atoms with Crippen LogP contribution in [0.15, 0.2) is 97.1 Å². The molecule has 0 radical (unpaired) electrons. The molecule has 10 aromatic rings. The van der Waals surface area contributed by atoms with Crippen LogP contribution in [0.3, 0.4) is 0 Å². The number of amides is 4. The Morgan fingerprint density at radius 3 is 0.600 bits per heavy atom. The van der Waals surface area contributed by atoms with E-state index in [0.29, 0.717) is 81.0 Å². The first-order valence-electron chi connectivity index (χ1n) is 43.2. The molecular weight excluding hydrogens is 1500 g/mol. The molecule has 0 fully saturated rings. The van der Waals surface area contributed by atoms with E-state index in [2.05, 4.69) is 152 Å². The summed E-state index contributed by atoms with van der Waals surface area (Å²) in [5.74, 6) is -1.22. The predicted molar refractivity (Wildman–Crippen MR) is 485 cm³/mol. The Hall–Kier alpha value is -5.42. The zero-order chi connectivity index (χ0) is 76.9. The van der Waals surface area contributed by atoms with E-state index in [1.807, 2.05) is 45.3 Å². The number of thiophene rings is 8. The molecule has 0 saturated heterocycles. The Kier molecular flexibility index (Phi) is 32.3. The van der Waals surface area contributed by atoms with Gasteiger partial charge >= 0.3 is 0 Å². The molecule has 2 aliphatic heterocycles. The molecule has 8 aromatic heterocycles. The summed E-state index contributed by atoms with van der Waals surface area (Å²) < 4.78 is 0. The van der Waals surface area contributed by atoms with E-state index in [1.165, 1.54) is 116 Å². The maximum absolute atomic E-state index is 17.7. The molecule has 0 atom stereocenters. The average molecular weight is 1620 g/mol. The second-order valence-corrected chi connectivity index (χ2v) is 40.4. The zero-order valence-electron chi connectivity index (χ0n) is 67.5. The molecule has 6 nitrogen and oxygen atoms in total. The van der Waals surface area contributed by atoms with Crippen LogP contribution in [0, 0.1) is 0 Å². The van der Waals surface area contributed by atoms with Crippen LogP contribution in [0.4, 0.5) is 0 Å². The van der Waals surface area contributed by atoms with Gasteiger partial charge in [-0.3, -0.25) is 29.0 Å². The van der Waals surface area contributed by atoms with Gasteiger partial charge in [0.2, 0.25) is 0 Å². The Labute approximate surface area is 692 Å². The minimum Gasteiger partial charge on any atom is -0.271 e. The molecule has 0 unspecified atom stereocenters. The number of aryl methyl sites for hydroxylation is 4. The highest BCUT2D eigenvalue weighted by molar-refractivity contribution is 7.26. The summed E-state index contributed by atoms with van der Waals surface area (Å²) in [5, 5.41) is 0.953. The lowest BCUT2D eigenvalue weighted by molar-refractivity contribution is 0.0496. The minimum atomic E-state index is -0.389. The third kappa shape index (κ3) is 19.9. The van der Waals surface area contributed by atoms with E-state index < -0.39 is 0 Å². The van der Waals surface area contributed by atoms with E-state index in [0.717, 1.165) is 193 Å². The lowest BCUT2D eigenvalue weighted by atomic mass is 9.74. The average Bonchev–Trinajstić information content (AvgIpc) is 0.912. The molecule has 0 N–H and O–H groups in total. The molecule has 0 aliphatic carbocycles. The summed E-state index contributed by atoms with van der Waals surface area (Å²) in [4.78, 5) is 92.6. The van der Waals surface area contributed by atoms with Crippen LogP contribution in [0.25, 0.3) is 91.6 Å². The molecule has 588 valence electrons. The summed E-state index contributed by atoms with van der Waals surface area (Å²) in [7, 11) is 0. The molecule has 2 aromatic carbocycles. The Bertz CT molecular complexity index is 4060. The highest BCUT2D eigenvalue weighted by Gasteiger charge is 2.50. The SMILES string of the molecule is CCCCCCc1ccc(-c2ccc(-c3c(-c4ccc(-c5ccc(CCCCCC)s5)s4)c4c5c(c(-c6ccc(-c7ccc(CCCCCC)s7)s6)c(-c6ccc(-c7ccc(CCCCCC)s7)s6)c6c5c3C(=O)N(C(CCCCCC)CCCCCC)C6=O)C(=O)N(C(CCCCCC)CCCCCC)C4=O)s2)s1. The molecule has 0 bridgehead atoms. The van der Waals surface area contributed by atoms with Crippen molar-refractivity contribution in [1.82, 2.24) is 9.80 Å². The first-order valence-corrected chi connectivity index (χ1v) is 49.8. The monoisotopic (exact) mass is 1620 g/mol. The molecule has 110 heavy (non-hydrogen) atoms. The van der Waals surface area contributed by atoms with Crippen molar-refractivity contribution in [2.24, 2.45) is 0 Å². The van der Waals surface area contributed by atoms with Crippen LogP contribution in [0.1, 0.15) is 347 Å². The first-order chi connectivity index (χ1) is 54.0. The van der Waals surface area contributed by atoms with Crippen LogP contribution >= 0.6 is 90.7 Å². The highest BCUT2D eigenvalue weighted by atomic mass is 32.1. The quantitative estimate of drug-likeness (QED) is 0.0281. The fourth-order valence-corrected chi connectivity index (χ4v) is 25.7. The first kappa shape index (κ1) is 84.0. The number of imide groups is 2. The lowest BCUT2D eigenvalue weighted by Crippen LogP contribution is -2.50. The smallest absolute Gasteiger partial charge is 0.262 e. The van der Waals surface area contributed by atoms with Crippen LogP contribution in [-0.4, -0.2) is 45.5 Å². The van der Waals surface area contributed by atoms with Crippen molar-refractivity contribution in [2.75, 3.05) is 0 Å². The molecule has 0 saturated carbocycles. The van der Waals surface area contributed by atoms with Gasteiger partial charge in [0.15, 0.2) is 0 Å². The number of hydrogen-bond acceptors (Lipinski definition) is 12. The Morgan fingerprint density at radius 1 is 0.209 bits per heavy atom. The van der Waals surface area contributed by atoms with Crippen molar-refractivity contribution in [2.45, 2.75) is 324 Å². The van der Waals surface area contributed by atoms with Gasteiger partial charge in [-0.2, -0.15) is 0 Å². The molecular formula is C96H122N2O4S8. The maximum Gasteiger partial charge on any atom is 0.262 e. The van der Waals surface area contributed by atoms with E-state index in [4.69, 9.17) is 0 Å². The number of carbonyl (C=O) groups excluding carboxylic acids is 4. The summed E-state index contributed by atoms with van der Waals surface area (Å²) in [6, 6.07) is 35.5. The van der Waals surface area contributed by atoms with Crippen molar-refractivity contribution in [3.63, 3.8) is 0 Å². The predicted octanol–water partition coefficient (Wildman–Crippen LogP) is 33.0. The van der Waals surface area contributed by atoms with Crippen molar-refractivity contribution >= 4 is 125 Å². The largest absolute Gasteiger partial charge is 0.271 e. The van der Waals surface area contributed by atoms with Gasteiger partial charge in [0.1, 0.15) is 0 Å². The number of hydrogen-bond donors (Lipinski definition) is 0. The number of nitrogens with zero attached hydrogens (tertiary/aromatic N) is 2. The van der Waals surface area contributed by atoms with Crippen molar-refractivity contribution in [1.29, 1.82) is 0 Å². The summed E-state index contributed by atoms with van der Waals surface area (Å²) in [6.45, 7) is 18.1. The Morgan fingerprint density at radius 2 is 0.391 bits per heavy atom. The Balaban J connectivity index is 1.22. The van der Waals surface area contributed by atoms with Crippen LogP contribution in [0.2, 0.25) is 0 Å². The van der Waals surface area contributed by atoms with Gasteiger partial charge in [-0.05, 0) is 174 Å². The second kappa shape index (κ2) is 42.3. The topological polar surface area (TPSA) is 74.8 Å². The number of rotatable bonds is 50. The van der Waals surface area contributed by atoms with Gasteiger partial charge in [-0.15, -0.1) is 90.7 Å². The van der Waals surface area contributed by atoms with Crippen molar-refractivity contribution in [3.05, 3.63) is 139 Å². The standard InChI is InChI=1S/C96H122N2O4S8/c1-9-17-25-33-41-65(42-34-26-18-10-2)97-93(99)89-83(79-61-57-75(107-79)71-53-49-67(103-71)45-37-29-21-13-5)85(81-63-59-77(109-81)73-55-51-69(105-73)47-39-31-23-15-7)91-88-87(89)90(94(97)100)84(80-62-58-76(108-80)72-54-50-68(104-72)46-38-30-22-14-6)86(82-64-60-78(110-82)74-56-52-70(106-74)48-40-32-24-16-8)92(88)96(102)98(95(91)101)66(43-35-27-19-11-3)44-36-28-20-12-4/h49-66H,9-48H2,1-8H3. The third-order valence-electron chi connectivity index (χ3n) is 22.9. The summed E-state index contributed by atoms with van der Waals surface area (Å²) >= 11 is 14.3. The van der Waals surface area contributed by atoms with E-state index >= 15 is 19.2 Å². The fraction of sp³-hybridized carbons (Fsp3) is 0.521. The lowest BCUT2D eigenvalue weighted by Gasteiger charge is -2.41. The third-order valence-corrected chi connectivity index (χ3v) is 32.7. The molecule has 4 amide bonds. The van der Waals surface area contributed by atoms with Crippen LogP contribution in [-0.2, 0) is 25.7 Å². The van der Waals surface area contributed by atoms with E-state index in [1.54, 1.807) is 55.1 Å². The molecule has 10 heterocycles. The van der Waals surface area contributed by atoms with Crippen molar-refractivity contribution in [3.8, 4) is 80.8 Å². The highest BCUT2D eigenvalue weighted by Crippen LogP contribution is 2.59. The molecule has 14 heteroatoms. The maximum atomic E-state index is 17.7. The number of carbonyl (C=O) groups is 4. The van der Waals surface area contributed by atoms with Gasteiger partial charge in [-0.25, -0.2) is 0 Å². The zero-order valence-corrected chi connectivity index (χ0v) is 74.0. The molecule has 2 aliphatic rings. The molecule has 0 spiro atoms. The second-order valence-electron chi connectivity index (χ2n) is 31.4. The summed E-state index contributed by atoms with van der Waals surface area (Å²) in [6.07, 6.45) is 42.4. The van der Waals surface area contributed by atoms with Gasteiger partial charge < -0.3 is 0 Å². The fourth-order valence-electron chi connectivity index (χ4n) is 16.9. The number of unbranched alkanes of at least 4 members (excludes halogenated alkanes) is 24. The molecule has 12 rings (SSSR count). The van der Waals surface area contributed by atoms with Crippen molar-refractivity contribution < 1.29 is 19.2 Å². The van der Waals surface area contributed by atoms with Crippen LogP contribution < -0.4 is 0 Å². The van der Waals surface area contributed by atoms with Gasteiger partial charge in [0, 0.05) is 123 Å². The van der Waals surface area contributed by atoms with Gasteiger partial charge in [-0.1, -0.05) is 235 Å². The van der Waals surface area contributed by atoms with Crippen LogP contribution in [0.5, 0.6) is 0 Å². The van der Waals surface area contributed by atoms with Gasteiger partial charge in [0.25, 0.3) is 23.6 Å². The normalized spacial score (nSPS) is 13.1. The minimum absolute atomic E-state index is 0.306. The van der Waals surface area contributed by atoms with Gasteiger partial charge in [0.05, 0.1) is 22.3 Å².